The predicted molar refractivity (Wildman–Crippen MR) is 59.4 cm³/mol. The molecule has 1 aromatic rings. The van der Waals surface area contributed by atoms with Crippen molar-refractivity contribution in [2.24, 2.45) is 9.98 Å². The fourth-order valence-electron chi connectivity index (χ4n) is 1.53. The summed E-state index contributed by atoms with van der Waals surface area (Å²) in [5.74, 6) is 0.750. The highest BCUT2D eigenvalue weighted by Crippen LogP contribution is 2.28. The van der Waals surface area contributed by atoms with Gasteiger partial charge in [-0.15, -0.1) is 0 Å². The predicted octanol–water partition coefficient (Wildman–Crippen LogP) is 1.62. The Kier molecular flexibility index (Phi) is 2.49. The zero-order chi connectivity index (χ0) is 10.7. The molecule has 0 fully saturated rings. The van der Waals surface area contributed by atoms with Crippen LogP contribution in [0.25, 0.3) is 0 Å². The van der Waals surface area contributed by atoms with Crippen molar-refractivity contribution in [1.82, 2.24) is 4.98 Å². The summed E-state index contributed by atoms with van der Waals surface area (Å²) in [6, 6.07) is 3.72. The van der Waals surface area contributed by atoms with Crippen LogP contribution in [0.4, 0.5) is 0 Å². The Morgan fingerprint density at radius 1 is 1.27 bits per heavy atom. The van der Waals surface area contributed by atoms with Crippen molar-refractivity contribution in [3.05, 3.63) is 30.7 Å². The van der Waals surface area contributed by atoms with Gasteiger partial charge in [0.1, 0.15) is 5.75 Å². The molecule has 4 heteroatoms. The van der Waals surface area contributed by atoms with E-state index in [0.29, 0.717) is 0 Å². The third-order valence-corrected chi connectivity index (χ3v) is 2.32. The topological polar surface area (TPSA) is 46.8 Å². The summed E-state index contributed by atoms with van der Waals surface area (Å²) in [5, 5.41) is 0. The first kappa shape index (κ1) is 9.83. The molecule has 0 saturated heterocycles. The number of pyridine rings is 1. The molecule has 2 heterocycles. The Labute approximate surface area is 88.7 Å². The van der Waals surface area contributed by atoms with E-state index in [2.05, 4.69) is 15.0 Å². The van der Waals surface area contributed by atoms with Crippen molar-refractivity contribution < 1.29 is 4.74 Å². The van der Waals surface area contributed by atoms with Gasteiger partial charge in [-0.3, -0.25) is 15.0 Å². The van der Waals surface area contributed by atoms with E-state index in [4.69, 9.17) is 4.74 Å². The van der Waals surface area contributed by atoms with Crippen LogP contribution in [0.15, 0.2) is 28.3 Å². The summed E-state index contributed by atoms with van der Waals surface area (Å²) in [5.41, 5.74) is 0.439. The fraction of sp³-hybridized carbons (Fsp3) is 0.273. The molecule has 1 aliphatic rings. The van der Waals surface area contributed by atoms with Crippen LogP contribution in [0.2, 0.25) is 0 Å². The summed E-state index contributed by atoms with van der Waals surface area (Å²) in [6.07, 6.45) is 5.36. The van der Waals surface area contributed by atoms with Crippen LogP contribution < -0.4 is 4.74 Å². The van der Waals surface area contributed by atoms with Gasteiger partial charge in [0.2, 0.25) is 0 Å². The molecule has 0 spiro atoms. The maximum absolute atomic E-state index is 5.27. The molecule has 0 unspecified atom stereocenters. The Morgan fingerprint density at radius 2 is 2.00 bits per heavy atom. The highest BCUT2D eigenvalue weighted by atomic mass is 16.5. The Hall–Kier alpha value is -1.71. The molecule has 1 aliphatic heterocycles. The number of rotatable bonds is 2. The van der Waals surface area contributed by atoms with Crippen LogP contribution in [-0.2, 0) is 5.41 Å². The van der Waals surface area contributed by atoms with Crippen LogP contribution >= 0.6 is 0 Å². The summed E-state index contributed by atoms with van der Waals surface area (Å²) >= 11 is 0. The Bertz CT molecular complexity index is 400. The first-order valence-corrected chi connectivity index (χ1v) is 4.66. The molecule has 77 valence electrons. The van der Waals surface area contributed by atoms with Crippen molar-refractivity contribution >= 4 is 12.4 Å². The minimum Gasteiger partial charge on any atom is -0.495 e. The standard InChI is InChI=1S/C11H12N3O/c1-11(6-12-8-13-7-11)10-9(15-2)4-3-5-14-10/h3-8H,1-2H3. The highest BCUT2D eigenvalue weighted by Gasteiger charge is 2.28. The van der Waals surface area contributed by atoms with E-state index in [1.54, 1.807) is 13.3 Å². The lowest BCUT2D eigenvalue weighted by molar-refractivity contribution is 0.404. The summed E-state index contributed by atoms with van der Waals surface area (Å²) in [4.78, 5) is 12.4. The van der Waals surface area contributed by atoms with Crippen molar-refractivity contribution in [2.75, 3.05) is 7.11 Å². The molecule has 0 N–H and O–H groups in total. The number of aromatic nitrogens is 1. The van der Waals surface area contributed by atoms with Crippen LogP contribution in [-0.4, -0.2) is 24.5 Å². The Morgan fingerprint density at radius 3 is 2.67 bits per heavy atom. The quantitative estimate of drug-likeness (QED) is 0.731. The van der Waals surface area contributed by atoms with E-state index in [9.17, 15) is 0 Å². The van der Waals surface area contributed by atoms with E-state index >= 15 is 0 Å². The van der Waals surface area contributed by atoms with Crippen LogP contribution in [0.1, 0.15) is 12.6 Å². The van der Waals surface area contributed by atoms with E-state index in [-0.39, 0.29) is 5.41 Å². The molecule has 0 amide bonds. The van der Waals surface area contributed by atoms with Gasteiger partial charge >= 0.3 is 0 Å². The Balaban J connectivity index is 2.48. The first-order chi connectivity index (χ1) is 7.26. The lowest BCUT2D eigenvalue weighted by Gasteiger charge is -2.23. The fourth-order valence-corrected chi connectivity index (χ4v) is 1.53. The van der Waals surface area contributed by atoms with Gasteiger partial charge in [0.25, 0.3) is 0 Å². The van der Waals surface area contributed by atoms with Gasteiger partial charge in [-0.25, -0.2) is 0 Å². The first-order valence-electron chi connectivity index (χ1n) is 4.66. The lowest BCUT2D eigenvalue weighted by Crippen LogP contribution is -2.29. The molecular weight excluding hydrogens is 190 g/mol. The average molecular weight is 202 g/mol. The van der Waals surface area contributed by atoms with Crippen LogP contribution in [0.3, 0.4) is 0 Å². The number of hydrogen-bond donors (Lipinski definition) is 0. The molecule has 0 aliphatic carbocycles. The summed E-state index contributed by atoms with van der Waals surface area (Å²) < 4.78 is 5.27. The third kappa shape index (κ3) is 1.75. The second-order valence-corrected chi connectivity index (χ2v) is 3.51. The van der Waals surface area contributed by atoms with Gasteiger partial charge in [0.15, 0.2) is 6.67 Å². The SMILES string of the molecule is COc1cccnc1C1(C)C=N[CH]N=C1. The normalized spacial score (nSPS) is 17.7. The van der Waals surface area contributed by atoms with E-state index in [1.807, 2.05) is 31.5 Å². The molecule has 4 nitrogen and oxygen atoms in total. The van der Waals surface area contributed by atoms with Gasteiger partial charge in [0.05, 0.1) is 18.2 Å². The van der Waals surface area contributed by atoms with Gasteiger partial charge in [-0.2, -0.15) is 0 Å². The molecule has 15 heavy (non-hydrogen) atoms. The van der Waals surface area contributed by atoms with Crippen LogP contribution in [0.5, 0.6) is 5.75 Å². The molecular formula is C11H12N3O. The number of ether oxygens (including phenoxy) is 1. The number of methoxy groups -OCH3 is 1. The molecule has 0 aromatic carbocycles. The zero-order valence-electron chi connectivity index (χ0n) is 8.71. The van der Waals surface area contributed by atoms with E-state index in [1.165, 1.54) is 6.67 Å². The van der Waals surface area contributed by atoms with Crippen molar-refractivity contribution in [3.8, 4) is 5.75 Å². The highest BCUT2D eigenvalue weighted by molar-refractivity contribution is 5.97. The minimum atomic E-state index is -0.388. The molecule has 1 aromatic heterocycles. The van der Waals surface area contributed by atoms with E-state index < -0.39 is 0 Å². The lowest BCUT2D eigenvalue weighted by atomic mass is 9.88. The van der Waals surface area contributed by atoms with Gasteiger partial charge < -0.3 is 4.74 Å². The van der Waals surface area contributed by atoms with Gasteiger partial charge in [-0.1, -0.05) is 0 Å². The van der Waals surface area contributed by atoms with Crippen LogP contribution in [0, 0.1) is 6.67 Å². The average Bonchev–Trinajstić information content (AvgIpc) is 2.30. The summed E-state index contributed by atoms with van der Waals surface area (Å²) in [7, 11) is 1.63. The van der Waals surface area contributed by atoms with Crippen molar-refractivity contribution in [1.29, 1.82) is 0 Å². The molecule has 0 bridgehead atoms. The minimum absolute atomic E-state index is 0.388. The number of aliphatic imine (C=N–C) groups is 2. The molecule has 1 radical (unpaired) electrons. The van der Waals surface area contributed by atoms with E-state index in [0.717, 1.165) is 11.4 Å². The second-order valence-electron chi connectivity index (χ2n) is 3.51. The molecule has 0 saturated carbocycles. The maximum Gasteiger partial charge on any atom is 0.180 e. The molecule has 2 rings (SSSR count). The largest absolute Gasteiger partial charge is 0.495 e. The monoisotopic (exact) mass is 202 g/mol. The van der Waals surface area contributed by atoms with Gasteiger partial charge in [0, 0.05) is 18.6 Å². The van der Waals surface area contributed by atoms with Crippen molar-refractivity contribution in [2.45, 2.75) is 12.3 Å². The second kappa shape index (κ2) is 3.81. The molecule has 0 atom stereocenters. The number of hydrogen-bond acceptors (Lipinski definition) is 4. The smallest absolute Gasteiger partial charge is 0.180 e. The van der Waals surface area contributed by atoms with Crippen molar-refractivity contribution in [3.63, 3.8) is 0 Å². The number of nitrogens with zero attached hydrogens (tertiary/aromatic N) is 3. The zero-order valence-corrected chi connectivity index (χ0v) is 8.71. The maximum atomic E-state index is 5.27. The third-order valence-electron chi connectivity index (χ3n) is 2.32. The van der Waals surface area contributed by atoms with Gasteiger partial charge in [-0.05, 0) is 19.1 Å². The summed E-state index contributed by atoms with van der Waals surface area (Å²) in [6.45, 7) is 3.51.